The predicted octanol–water partition coefficient (Wildman–Crippen LogP) is 3.19. The van der Waals surface area contributed by atoms with Gasteiger partial charge in [0.25, 0.3) is 0 Å². The third-order valence-corrected chi connectivity index (χ3v) is 2.83. The zero-order chi connectivity index (χ0) is 14.9. The second-order valence-electron chi connectivity index (χ2n) is 4.34. The Kier molecular flexibility index (Phi) is 5.56. The van der Waals surface area contributed by atoms with Crippen LogP contribution in [0, 0.1) is 11.3 Å². The Labute approximate surface area is 124 Å². The van der Waals surface area contributed by atoms with Gasteiger partial charge in [-0.1, -0.05) is 12.1 Å². The molecule has 0 bridgehead atoms. The third-order valence-electron chi connectivity index (χ3n) is 2.83. The molecular weight excluding hydrogens is 266 g/mol. The second kappa shape index (κ2) is 7.88. The molecule has 1 heterocycles. The Morgan fingerprint density at radius 1 is 1.24 bits per heavy atom. The molecule has 5 heteroatoms. The largest absolute Gasteiger partial charge is 0.436 e. The van der Waals surface area contributed by atoms with Crippen LogP contribution < -0.4 is 10.1 Å². The van der Waals surface area contributed by atoms with E-state index in [1.54, 1.807) is 25.4 Å². The molecular formula is C16H17N3O2. The van der Waals surface area contributed by atoms with E-state index in [4.69, 9.17) is 14.7 Å². The smallest absolute Gasteiger partial charge is 0.237 e. The van der Waals surface area contributed by atoms with Crippen LogP contribution in [0.25, 0.3) is 0 Å². The number of nitrogens with one attached hydrogen (secondary N) is 1. The number of nitrogens with zero attached hydrogens (tertiary/aromatic N) is 2. The van der Waals surface area contributed by atoms with Crippen LogP contribution in [0.3, 0.4) is 0 Å². The van der Waals surface area contributed by atoms with E-state index in [1.807, 2.05) is 24.3 Å². The molecule has 0 saturated heterocycles. The van der Waals surface area contributed by atoms with Gasteiger partial charge in [-0.15, -0.1) is 0 Å². The normalized spacial score (nSPS) is 9.90. The molecule has 1 aromatic heterocycles. The zero-order valence-electron chi connectivity index (χ0n) is 11.9. The first-order valence-corrected chi connectivity index (χ1v) is 6.70. The number of para-hydroxylation sites is 2. The second-order valence-corrected chi connectivity index (χ2v) is 4.34. The Hall–Kier alpha value is -2.58. The number of ether oxygens (including phenoxy) is 2. The molecule has 0 atom stereocenters. The maximum atomic E-state index is 9.07. The third kappa shape index (κ3) is 4.20. The van der Waals surface area contributed by atoms with Crippen molar-refractivity contribution in [2.45, 2.75) is 6.42 Å². The molecule has 0 spiro atoms. The first-order chi connectivity index (χ1) is 10.3. The van der Waals surface area contributed by atoms with Gasteiger partial charge in [-0.2, -0.15) is 5.26 Å². The summed E-state index contributed by atoms with van der Waals surface area (Å²) in [5.74, 6) is 0.955. The summed E-state index contributed by atoms with van der Waals surface area (Å²) in [6.45, 7) is 1.48. The minimum absolute atomic E-state index is 0.311. The minimum Gasteiger partial charge on any atom is -0.436 e. The van der Waals surface area contributed by atoms with E-state index in [2.05, 4.69) is 16.4 Å². The molecule has 0 aliphatic heterocycles. The van der Waals surface area contributed by atoms with E-state index in [9.17, 15) is 0 Å². The lowest BCUT2D eigenvalue weighted by Gasteiger charge is -2.12. The molecule has 0 unspecified atom stereocenters. The van der Waals surface area contributed by atoms with Crippen molar-refractivity contribution in [2.24, 2.45) is 0 Å². The van der Waals surface area contributed by atoms with Crippen LogP contribution >= 0.6 is 0 Å². The summed E-state index contributed by atoms with van der Waals surface area (Å²) >= 11 is 0. The van der Waals surface area contributed by atoms with Crippen LogP contribution in [-0.2, 0) is 4.74 Å². The highest BCUT2D eigenvalue weighted by atomic mass is 16.5. The molecule has 21 heavy (non-hydrogen) atoms. The topological polar surface area (TPSA) is 67.2 Å². The number of benzene rings is 1. The Morgan fingerprint density at radius 3 is 2.90 bits per heavy atom. The molecule has 108 valence electrons. The summed E-state index contributed by atoms with van der Waals surface area (Å²) in [5, 5.41) is 12.4. The number of pyridine rings is 1. The monoisotopic (exact) mass is 283 g/mol. The van der Waals surface area contributed by atoms with Crippen molar-refractivity contribution in [1.29, 1.82) is 5.26 Å². The quantitative estimate of drug-likeness (QED) is 0.790. The number of aromatic nitrogens is 1. The highest BCUT2D eigenvalue weighted by Crippen LogP contribution is 2.29. The fourth-order valence-corrected chi connectivity index (χ4v) is 1.80. The summed E-state index contributed by atoms with van der Waals surface area (Å²) in [6.07, 6.45) is 2.50. The average molecular weight is 283 g/mol. The van der Waals surface area contributed by atoms with Crippen LogP contribution in [0.5, 0.6) is 11.6 Å². The number of hydrogen-bond acceptors (Lipinski definition) is 5. The maximum Gasteiger partial charge on any atom is 0.237 e. The molecule has 0 amide bonds. The van der Waals surface area contributed by atoms with Crippen LogP contribution in [-0.4, -0.2) is 25.2 Å². The lowest BCUT2D eigenvalue weighted by molar-refractivity contribution is 0.198. The van der Waals surface area contributed by atoms with Crippen molar-refractivity contribution in [2.75, 3.05) is 25.6 Å². The van der Waals surface area contributed by atoms with E-state index in [0.717, 1.165) is 18.7 Å². The van der Waals surface area contributed by atoms with Gasteiger partial charge in [0.1, 0.15) is 11.6 Å². The summed E-state index contributed by atoms with van der Waals surface area (Å²) in [7, 11) is 1.68. The number of methoxy groups -OCH3 is 1. The van der Waals surface area contributed by atoms with Crippen molar-refractivity contribution >= 4 is 5.69 Å². The number of nitriles is 1. The SMILES string of the molecule is COCCCNc1ccccc1Oc1ncccc1C#N. The van der Waals surface area contributed by atoms with Gasteiger partial charge in [0.2, 0.25) is 5.88 Å². The van der Waals surface area contributed by atoms with Gasteiger partial charge in [-0.3, -0.25) is 0 Å². The summed E-state index contributed by atoms with van der Waals surface area (Å²) in [4.78, 5) is 4.10. The fourth-order valence-electron chi connectivity index (χ4n) is 1.80. The van der Waals surface area contributed by atoms with Gasteiger partial charge in [-0.25, -0.2) is 4.98 Å². The first kappa shape index (κ1) is 14.8. The molecule has 1 N–H and O–H groups in total. The molecule has 5 nitrogen and oxygen atoms in total. The lowest BCUT2D eigenvalue weighted by atomic mass is 10.2. The molecule has 1 aromatic carbocycles. The van der Waals surface area contributed by atoms with Crippen molar-refractivity contribution in [3.63, 3.8) is 0 Å². The van der Waals surface area contributed by atoms with Gasteiger partial charge in [0, 0.05) is 26.5 Å². The number of hydrogen-bond donors (Lipinski definition) is 1. The summed E-state index contributed by atoms with van der Waals surface area (Å²) < 4.78 is 10.8. The van der Waals surface area contributed by atoms with Crippen LogP contribution in [0.4, 0.5) is 5.69 Å². The molecule has 2 aromatic rings. The first-order valence-electron chi connectivity index (χ1n) is 6.70. The number of rotatable bonds is 7. The van der Waals surface area contributed by atoms with Crippen LogP contribution in [0.1, 0.15) is 12.0 Å². The Bertz CT molecular complexity index is 623. The van der Waals surface area contributed by atoms with Crippen LogP contribution in [0.2, 0.25) is 0 Å². The van der Waals surface area contributed by atoms with E-state index < -0.39 is 0 Å². The van der Waals surface area contributed by atoms with Crippen molar-refractivity contribution in [3.8, 4) is 17.7 Å². The highest BCUT2D eigenvalue weighted by molar-refractivity contribution is 5.57. The van der Waals surface area contributed by atoms with Gasteiger partial charge < -0.3 is 14.8 Å². The van der Waals surface area contributed by atoms with E-state index in [-0.39, 0.29) is 0 Å². The van der Waals surface area contributed by atoms with Crippen LogP contribution in [0.15, 0.2) is 42.6 Å². The van der Waals surface area contributed by atoms with Gasteiger partial charge in [-0.05, 0) is 30.7 Å². The van der Waals surface area contributed by atoms with Gasteiger partial charge in [0.15, 0.2) is 5.75 Å². The summed E-state index contributed by atoms with van der Waals surface area (Å²) in [6, 6.07) is 13.0. The van der Waals surface area contributed by atoms with Gasteiger partial charge >= 0.3 is 0 Å². The standard InChI is InChI=1S/C16H17N3O2/c1-20-11-5-10-18-14-7-2-3-8-15(14)21-16-13(12-17)6-4-9-19-16/h2-4,6-9,18H,5,10-11H2,1H3. The molecule has 0 radical (unpaired) electrons. The van der Waals surface area contributed by atoms with E-state index in [0.29, 0.717) is 23.8 Å². The zero-order valence-corrected chi connectivity index (χ0v) is 11.9. The molecule has 0 saturated carbocycles. The Balaban J connectivity index is 2.11. The van der Waals surface area contributed by atoms with Crippen molar-refractivity contribution in [3.05, 3.63) is 48.2 Å². The maximum absolute atomic E-state index is 9.07. The Morgan fingerprint density at radius 2 is 2.10 bits per heavy atom. The van der Waals surface area contributed by atoms with E-state index >= 15 is 0 Å². The molecule has 2 rings (SSSR count). The van der Waals surface area contributed by atoms with Crippen molar-refractivity contribution < 1.29 is 9.47 Å². The average Bonchev–Trinajstić information content (AvgIpc) is 2.53. The molecule has 0 aliphatic carbocycles. The predicted molar refractivity (Wildman–Crippen MR) is 80.5 cm³/mol. The van der Waals surface area contributed by atoms with E-state index in [1.165, 1.54) is 0 Å². The minimum atomic E-state index is 0.311. The molecule has 0 fully saturated rings. The summed E-state index contributed by atoms with van der Waals surface area (Å²) in [5.41, 5.74) is 1.27. The highest BCUT2D eigenvalue weighted by Gasteiger charge is 2.08. The number of anilines is 1. The van der Waals surface area contributed by atoms with Gasteiger partial charge in [0.05, 0.1) is 5.69 Å². The van der Waals surface area contributed by atoms with Crippen molar-refractivity contribution in [1.82, 2.24) is 4.98 Å². The molecule has 0 aliphatic rings. The lowest BCUT2D eigenvalue weighted by Crippen LogP contribution is -2.05. The fraction of sp³-hybridized carbons (Fsp3) is 0.250.